The van der Waals surface area contributed by atoms with Crippen LogP contribution in [0.25, 0.3) is 0 Å². The lowest BCUT2D eigenvalue weighted by molar-refractivity contribution is 0.126. The van der Waals surface area contributed by atoms with Crippen LogP contribution in [0.5, 0.6) is 0 Å². The molecular weight excluding hydrogens is 382 g/mol. The molecule has 0 N–H and O–H groups in total. The zero-order valence-corrected chi connectivity index (χ0v) is 16.6. The van der Waals surface area contributed by atoms with Gasteiger partial charge in [-0.05, 0) is 31.6 Å². The Morgan fingerprint density at radius 2 is 1.96 bits per heavy atom. The molecule has 0 saturated heterocycles. The van der Waals surface area contributed by atoms with Crippen molar-refractivity contribution in [1.82, 2.24) is 4.90 Å². The van der Waals surface area contributed by atoms with Gasteiger partial charge in [-0.2, -0.15) is 0 Å². The van der Waals surface area contributed by atoms with E-state index in [1.807, 2.05) is 37.2 Å². The van der Waals surface area contributed by atoms with Crippen LogP contribution < -0.4 is 4.31 Å². The Hall–Kier alpha value is -1.61. The molecule has 1 aliphatic heterocycles. The molecule has 0 spiro atoms. The fourth-order valence-electron chi connectivity index (χ4n) is 2.45. The summed E-state index contributed by atoms with van der Waals surface area (Å²) in [6.07, 6.45) is 0. The second kappa shape index (κ2) is 7.74. The number of rotatable bonds is 4. The highest BCUT2D eigenvalue weighted by molar-refractivity contribution is 7.93. The molecule has 0 aliphatic carbocycles. The molecule has 0 unspecified atom stereocenters. The van der Waals surface area contributed by atoms with Gasteiger partial charge in [-0.1, -0.05) is 23.4 Å². The third-order valence-electron chi connectivity index (χ3n) is 3.77. The van der Waals surface area contributed by atoms with E-state index in [1.165, 1.54) is 15.6 Å². The van der Waals surface area contributed by atoms with Gasteiger partial charge in [0.25, 0.3) is 10.0 Å². The highest BCUT2D eigenvalue weighted by Gasteiger charge is 2.34. The van der Waals surface area contributed by atoms with Crippen molar-refractivity contribution in [3.63, 3.8) is 0 Å². The molecule has 3 rings (SSSR count). The fourth-order valence-corrected chi connectivity index (χ4v) is 5.06. The minimum absolute atomic E-state index is 0. The molecule has 1 aromatic carbocycles. The Morgan fingerprint density at radius 1 is 1.24 bits per heavy atom. The molecule has 2 aromatic rings. The van der Waals surface area contributed by atoms with Crippen molar-refractivity contribution in [2.75, 3.05) is 38.6 Å². The first kappa shape index (κ1) is 19.7. The number of anilines is 1. The zero-order chi connectivity index (χ0) is 17.3. The molecule has 1 aliphatic rings. The van der Waals surface area contributed by atoms with Crippen molar-refractivity contribution < 1.29 is 13.3 Å². The summed E-state index contributed by atoms with van der Waals surface area (Å²) in [4.78, 5) is 8.33. The Balaban J connectivity index is 0.00000225. The molecule has 0 atom stereocenters. The summed E-state index contributed by atoms with van der Waals surface area (Å²) in [5.74, 6) is 0. The van der Waals surface area contributed by atoms with Crippen LogP contribution in [0.2, 0.25) is 0 Å². The highest BCUT2D eigenvalue weighted by Crippen LogP contribution is 2.36. The third kappa shape index (κ3) is 3.67. The normalized spacial score (nSPS) is 16.8. The van der Waals surface area contributed by atoms with E-state index in [-0.39, 0.29) is 17.3 Å². The lowest BCUT2D eigenvalue weighted by Gasteiger charge is -2.18. The number of hydrogen-bond donors (Lipinski definition) is 0. The first-order valence-electron chi connectivity index (χ1n) is 7.44. The van der Waals surface area contributed by atoms with Crippen LogP contribution >= 0.6 is 23.7 Å². The Morgan fingerprint density at radius 3 is 2.68 bits per heavy atom. The fraction of sp³-hybridized carbons (Fsp3) is 0.312. The van der Waals surface area contributed by atoms with Gasteiger partial charge in [0.05, 0.1) is 10.6 Å². The number of fused-ring (bicyclic) bond motifs is 2. The van der Waals surface area contributed by atoms with E-state index >= 15 is 0 Å². The number of para-hydroxylation sites is 1. The number of nitrogens with zero attached hydrogens (tertiary/aromatic N) is 3. The third-order valence-corrected chi connectivity index (χ3v) is 6.63. The van der Waals surface area contributed by atoms with Gasteiger partial charge >= 0.3 is 0 Å². The molecule has 0 radical (unpaired) electrons. The van der Waals surface area contributed by atoms with Crippen LogP contribution in [-0.4, -0.2) is 53.3 Å². The summed E-state index contributed by atoms with van der Waals surface area (Å²) >= 11 is 1.35. The van der Waals surface area contributed by atoms with Crippen molar-refractivity contribution in [2.45, 2.75) is 4.90 Å². The molecule has 0 fully saturated rings. The molecule has 0 saturated carbocycles. The van der Waals surface area contributed by atoms with Gasteiger partial charge in [-0.3, -0.25) is 4.31 Å². The molecule has 0 bridgehead atoms. The van der Waals surface area contributed by atoms with Crippen LogP contribution in [0.3, 0.4) is 0 Å². The van der Waals surface area contributed by atoms with E-state index in [0.29, 0.717) is 22.9 Å². The van der Waals surface area contributed by atoms with Gasteiger partial charge in [0, 0.05) is 19.2 Å². The Labute approximate surface area is 158 Å². The summed E-state index contributed by atoms with van der Waals surface area (Å²) in [5.41, 5.74) is 1.90. The van der Waals surface area contributed by atoms with E-state index in [4.69, 9.17) is 4.84 Å². The van der Waals surface area contributed by atoms with Crippen molar-refractivity contribution in [3.8, 4) is 0 Å². The zero-order valence-electron chi connectivity index (χ0n) is 14.2. The number of hydrogen-bond acceptors (Lipinski definition) is 6. The molecule has 136 valence electrons. The minimum Gasteiger partial charge on any atom is -0.394 e. The summed E-state index contributed by atoms with van der Waals surface area (Å²) in [5, 5.41) is 6.04. The first-order chi connectivity index (χ1) is 11.4. The van der Waals surface area contributed by atoms with Crippen molar-refractivity contribution in [3.05, 3.63) is 46.2 Å². The molecule has 25 heavy (non-hydrogen) atoms. The maximum Gasteiger partial charge on any atom is 0.265 e. The maximum atomic E-state index is 12.8. The van der Waals surface area contributed by atoms with Crippen molar-refractivity contribution in [1.29, 1.82) is 0 Å². The van der Waals surface area contributed by atoms with E-state index in [9.17, 15) is 8.42 Å². The Bertz CT molecular complexity index is 878. The average molecular weight is 402 g/mol. The van der Waals surface area contributed by atoms with Gasteiger partial charge in [0.15, 0.2) is 0 Å². The second-order valence-electron chi connectivity index (χ2n) is 5.68. The number of thiophene rings is 1. The molecule has 0 amide bonds. The quantitative estimate of drug-likeness (QED) is 0.583. The lowest BCUT2D eigenvalue weighted by atomic mass is 10.1. The summed E-state index contributed by atoms with van der Waals surface area (Å²) in [6, 6.07) is 8.94. The van der Waals surface area contributed by atoms with Gasteiger partial charge in [-0.15, -0.1) is 23.7 Å². The van der Waals surface area contributed by atoms with Gasteiger partial charge in [0.1, 0.15) is 17.2 Å². The van der Waals surface area contributed by atoms with Crippen LogP contribution in [0.1, 0.15) is 10.4 Å². The lowest BCUT2D eigenvalue weighted by Crippen LogP contribution is -2.26. The van der Waals surface area contributed by atoms with Crippen LogP contribution in [-0.2, 0) is 14.9 Å². The van der Waals surface area contributed by atoms with Crippen molar-refractivity contribution >= 4 is 45.2 Å². The minimum atomic E-state index is -3.61. The molecule has 9 heteroatoms. The second-order valence-corrected chi connectivity index (χ2v) is 8.53. The molecule has 2 heterocycles. The smallest absolute Gasteiger partial charge is 0.265 e. The van der Waals surface area contributed by atoms with Crippen molar-refractivity contribution in [2.24, 2.45) is 5.16 Å². The predicted octanol–water partition coefficient (Wildman–Crippen LogP) is 2.64. The summed E-state index contributed by atoms with van der Waals surface area (Å²) in [6.45, 7) is 1.16. The van der Waals surface area contributed by atoms with Gasteiger partial charge in [0.2, 0.25) is 0 Å². The number of likely N-dealkylation sites (N-methyl/N-ethyl adjacent to an activating group) is 1. The largest absolute Gasteiger partial charge is 0.394 e. The van der Waals surface area contributed by atoms with Crippen LogP contribution in [0, 0.1) is 0 Å². The molecule has 6 nitrogen and oxygen atoms in total. The number of halogens is 1. The topological polar surface area (TPSA) is 62.2 Å². The van der Waals surface area contributed by atoms with E-state index in [2.05, 4.69) is 5.16 Å². The van der Waals surface area contributed by atoms with E-state index in [0.717, 1.165) is 12.1 Å². The summed E-state index contributed by atoms with van der Waals surface area (Å²) < 4.78 is 27.0. The highest BCUT2D eigenvalue weighted by atomic mass is 35.5. The Kier molecular flexibility index (Phi) is 6.10. The molecular formula is C16H20ClN3O3S2. The van der Waals surface area contributed by atoms with Gasteiger partial charge in [-0.25, -0.2) is 8.42 Å². The van der Waals surface area contributed by atoms with Crippen LogP contribution in [0.15, 0.2) is 45.8 Å². The average Bonchev–Trinajstić information content (AvgIpc) is 3.02. The van der Waals surface area contributed by atoms with Gasteiger partial charge < -0.3 is 9.74 Å². The SMILES string of the molecule is CN(C)CCO/N=C1\c2ccccc2N(C)S(=O)(=O)c2ccsc21.Cl. The monoisotopic (exact) mass is 401 g/mol. The number of sulfonamides is 1. The standard InChI is InChI=1S/C16H19N3O3S2.ClH/c1-18(2)9-10-22-17-15-12-6-4-5-7-13(12)19(3)24(20,21)14-8-11-23-16(14)15;/h4-8,11H,9-10H2,1-3H3;1H/b17-15+;. The molecule has 1 aromatic heterocycles. The first-order valence-corrected chi connectivity index (χ1v) is 9.76. The number of oxime groups is 1. The van der Waals surface area contributed by atoms with E-state index in [1.54, 1.807) is 24.6 Å². The predicted molar refractivity (Wildman–Crippen MR) is 104 cm³/mol. The maximum absolute atomic E-state index is 12.8. The van der Waals surface area contributed by atoms with Crippen LogP contribution in [0.4, 0.5) is 5.69 Å². The van der Waals surface area contributed by atoms with E-state index < -0.39 is 10.0 Å². The number of benzene rings is 1. The summed E-state index contributed by atoms with van der Waals surface area (Å²) in [7, 11) is 1.87.